The van der Waals surface area contributed by atoms with Crippen LogP contribution in [0.15, 0.2) is 36.7 Å². The molecule has 0 aliphatic heterocycles. The Kier molecular flexibility index (Phi) is 6.33. The molecule has 0 radical (unpaired) electrons. The highest BCUT2D eigenvalue weighted by Gasteiger charge is 2.20. The number of hydrogen-bond acceptors (Lipinski definition) is 3. The Hall–Kier alpha value is -2.63. The molecular weight excluding hydrogens is 316 g/mol. The van der Waals surface area contributed by atoms with E-state index >= 15 is 0 Å². The number of aryl methyl sites for hydroxylation is 1. The maximum absolute atomic E-state index is 12.5. The number of rotatable bonds is 7. The Balaban J connectivity index is 2.11. The van der Waals surface area contributed by atoms with Crippen molar-refractivity contribution < 1.29 is 9.59 Å². The van der Waals surface area contributed by atoms with Crippen LogP contribution in [-0.4, -0.2) is 27.4 Å². The molecule has 1 aromatic heterocycles. The van der Waals surface area contributed by atoms with E-state index in [4.69, 9.17) is 0 Å². The minimum Gasteiger partial charge on any atom is -0.350 e. The first-order valence-electron chi connectivity index (χ1n) is 8.51. The van der Waals surface area contributed by atoms with E-state index in [1.807, 2.05) is 55.8 Å². The number of nitrogens with one attached hydrogen (secondary N) is 2. The lowest BCUT2D eigenvalue weighted by Gasteiger charge is -2.20. The first-order valence-corrected chi connectivity index (χ1v) is 8.51. The average molecular weight is 342 g/mol. The summed E-state index contributed by atoms with van der Waals surface area (Å²) in [5.74, 6) is 0.828. The van der Waals surface area contributed by atoms with E-state index in [2.05, 4.69) is 15.6 Å². The van der Waals surface area contributed by atoms with Crippen molar-refractivity contribution in [3.05, 3.63) is 48.0 Å². The third kappa shape index (κ3) is 5.17. The summed E-state index contributed by atoms with van der Waals surface area (Å²) in [5, 5.41) is 5.68. The van der Waals surface area contributed by atoms with Gasteiger partial charge >= 0.3 is 0 Å². The standard InChI is InChI=1S/C19H26N4O2/c1-13(2)11-17(22-15(4)24)19(25)21-12-16-7-5-6-8-18(16)23-10-9-20-14(23)3/h5-10,13,17H,11-12H2,1-4H3,(H,21,25)(H,22,24)/t17-/m0/s1. The second-order valence-electron chi connectivity index (χ2n) is 6.57. The van der Waals surface area contributed by atoms with Gasteiger partial charge in [-0.2, -0.15) is 0 Å². The first-order chi connectivity index (χ1) is 11.9. The van der Waals surface area contributed by atoms with Gasteiger partial charge in [0.25, 0.3) is 0 Å². The number of carbonyl (C=O) groups excluding carboxylic acids is 2. The summed E-state index contributed by atoms with van der Waals surface area (Å²) in [7, 11) is 0. The molecule has 0 saturated heterocycles. The molecule has 0 spiro atoms. The molecule has 6 heteroatoms. The second kappa shape index (κ2) is 8.46. The molecule has 0 fully saturated rings. The molecule has 0 bridgehead atoms. The van der Waals surface area contributed by atoms with Gasteiger partial charge in [0.15, 0.2) is 0 Å². The van der Waals surface area contributed by atoms with Crippen molar-refractivity contribution in [2.75, 3.05) is 0 Å². The quantitative estimate of drug-likeness (QED) is 0.811. The van der Waals surface area contributed by atoms with Crippen LogP contribution in [0.1, 0.15) is 38.6 Å². The van der Waals surface area contributed by atoms with E-state index in [0.717, 1.165) is 17.1 Å². The predicted molar refractivity (Wildman–Crippen MR) is 97.2 cm³/mol. The number of para-hydroxylation sites is 1. The van der Waals surface area contributed by atoms with Crippen molar-refractivity contribution in [1.29, 1.82) is 0 Å². The van der Waals surface area contributed by atoms with Gasteiger partial charge < -0.3 is 15.2 Å². The maximum atomic E-state index is 12.5. The molecule has 1 atom stereocenters. The lowest BCUT2D eigenvalue weighted by molar-refractivity contribution is -0.128. The van der Waals surface area contributed by atoms with Crippen molar-refractivity contribution in [1.82, 2.24) is 20.2 Å². The molecular formula is C19H26N4O2. The van der Waals surface area contributed by atoms with Crippen LogP contribution < -0.4 is 10.6 Å². The van der Waals surface area contributed by atoms with Crippen LogP contribution in [0.25, 0.3) is 5.69 Å². The number of amides is 2. The summed E-state index contributed by atoms with van der Waals surface area (Å²) in [6.45, 7) is 7.81. The third-order valence-corrected chi connectivity index (χ3v) is 3.93. The summed E-state index contributed by atoms with van der Waals surface area (Å²) in [4.78, 5) is 28.1. The molecule has 2 aromatic rings. The summed E-state index contributed by atoms with van der Waals surface area (Å²) < 4.78 is 1.99. The van der Waals surface area contributed by atoms with E-state index < -0.39 is 6.04 Å². The van der Waals surface area contributed by atoms with Crippen LogP contribution in [0.4, 0.5) is 0 Å². The van der Waals surface area contributed by atoms with Crippen LogP contribution in [-0.2, 0) is 16.1 Å². The topological polar surface area (TPSA) is 76.0 Å². The molecule has 25 heavy (non-hydrogen) atoms. The fourth-order valence-corrected chi connectivity index (χ4v) is 2.78. The van der Waals surface area contributed by atoms with Crippen LogP contribution in [0.3, 0.4) is 0 Å². The van der Waals surface area contributed by atoms with Gasteiger partial charge in [-0.05, 0) is 30.9 Å². The highest BCUT2D eigenvalue weighted by atomic mass is 16.2. The molecule has 0 aliphatic carbocycles. The molecule has 0 saturated carbocycles. The van der Waals surface area contributed by atoms with Gasteiger partial charge in [-0.25, -0.2) is 4.98 Å². The fraction of sp³-hybridized carbons (Fsp3) is 0.421. The summed E-state index contributed by atoms with van der Waals surface area (Å²) in [6, 6.07) is 7.36. The van der Waals surface area contributed by atoms with Crippen LogP contribution in [0.2, 0.25) is 0 Å². The van der Waals surface area contributed by atoms with E-state index in [9.17, 15) is 9.59 Å². The minimum atomic E-state index is -0.514. The zero-order valence-electron chi connectivity index (χ0n) is 15.2. The Morgan fingerprint density at radius 2 is 1.96 bits per heavy atom. The molecule has 134 valence electrons. The van der Waals surface area contributed by atoms with Crippen molar-refractivity contribution in [2.24, 2.45) is 5.92 Å². The number of carbonyl (C=O) groups is 2. The van der Waals surface area contributed by atoms with Gasteiger partial charge in [0.1, 0.15) is 11.9 Å². The average Bonchev–Trinajstić information content (AvgIpc) is 2.97. The van der Waals surface area contributed by atoms with Gasteiger partial charge in [0.2, 0.25) is 11.8 Å². The van der Waals surface area contributed by atoms with Crippen molar-refractivity contribution in [2.45, 2.75) is 46.7 Å². The normalized spacial score (nSPS) is 12.0. The lowest BCUT2D eigenvalue weighted by Crippen LogP contribution is -2.46. The Morgan fingerprint density at radius 1 is 1.24 bits per heavy atom. The SMILES string of the molecule is CC(=O)N[C@@H](CC(C)C)C(=O)NCc1ccccc1-n1ccnc1C. The van der Waals surface area contributed by atoms with Gasteiger partial charge in [-0.15, -0.1) is 0 Å². The smallest absolute Gasteiger partial charge is 0.242 e. The fourth-order valence-electron chi connectivity index (χ4n) is 2.78. The van der Waals surface area contributed by atoms with Gasteiger partial charge in [0.05, 0.1) is 5.69 Å². The Labute approximate surface area is 148 Å². The number of imidazole rings is 1. The zero-order chi connectivity index (χ0) is 18.4. The highest BCUT2D eigenvalue weighted by Crippen LogP contribution is 2.16. The molecule has 0 unspecified atom stereocenters. The molecule has 1 aromatic carbocycles. The van der Waals surface area contributed by atoms with Crippen molar-refractivity contribution >= 4 is 11.8 Å². The highest BCUT2D eigenvalue weighted by molar-refractivity contribution is 5.86. The third-order valence-electron chi connectivity index (χ3n) is 3.93. The largest absolute Gasteiger partial charge is 0.350 e. The van der Waals surface area contributed by atoms with Crippen LogP contribution in [0, 0.1) is 12.8 Å². The molecule has 6 nitrogen and oxygen atoms in total. The van der Waals surface area contributed by atoms with Crippen LogP contribution in [0.5, 0.6) is 0 Å². The summed E-state index contributed by atoms with van der Waals surface area (Å²) in [6.07, 6.45) is 4.25. The minimum absolute atomic E-state index is 0.166. The molecule has 1 heterocycles. The summed E-state index contributed by atoms with van der Waals surface area (Å²) in [5.41, 5.74) is 1.97. The molecule has 2 rings (SSSR count). The van der Waals surface area contributed by atoms with Crippen molar-refractivity contribution in [3.8, 4) is 5.69 Å². The van der Waals surface area contributed by atoms with Gasteiger partial charge in [0, 0.05) is 25.9 Å². The van der Waals surface area contributed by atoms with E-state index in [1.54, 1.807) is 6.20 Å². The zero-order valence-corrected chi connectivity index (χ0v) is 15.2. The number of nitrogens with zero attached hydrogens (tertiary/aromatic N) is 2. The lowest BCUT2D eigenvalue weighted by atomic mass is 10.0. The van der Waals surface area contributed by atoms with Crippen LogP contribution >= 0.6 is 0 Å². The number of aromatic nitrogens is 2. The Bertz CT molecular complexity index is 737. The Morgan fingerprint density at radius 3 is 2.56 bits per heavy atom. The maximum Gasteiger partial charge on any atom is 0.242 e. The van der Waals surface area contributed by atoms with E-state index in [1.165, 1.54) is 6.92 Å². The monoisotopic (exact) mass is 342 g/mol. The van der Waals surface area contributed by atoms with E-state index in [-0.39, 0.29) is 11.8 Å². The second-order valence-corrected chi connectivity index (χ2v) is 6.57. The van der Waals surface area contributed by atoms with Gasteiger partial charge in [-0.1, -0.05) is 32.0 Å². The first kappa shape index (κ1) is 18.7. The predicted octanol–water partition coefficient (Wildman–Crippen LogP) is 2.35. The number of hydrogen-bond donors (Lipinski definition) is 2. The summed E-state index contributed by atoms with van der Waals surface area (Å²) >= 11 is 0. The molecule has 2 N–H and O–H groups in total. The van der Waals surface area contributed by atoms with Gasteiger partial charge in [-0.3, -0.25) is 9.59 Å². The number of benzene rings is 1. The molecule has 2 amide bonds. The van der Waals surface area contributed by atoms with Crippen molar-refractivity contribution in [3.63, 3.8) is 0 Å². The van der Waals surface area contributed by atoms with E-state index in [0.29, 0.717) is 18.9 Å². The molecule has 0 aliphatic rings.